The molecule has 3 N–H and O–H groups in total. The van der Waals surface area contributed by atoms with E-state index in [4.69, 9.17) is 18.0 Å². The first-order valence-corrected chi connectivity index (χ1v) is 13.8. The predicted molar refractivity (Wildman–Crippen MR) is 145 cm³/mol. The average molecular weight is 471 g/mol. The molecule has 0 saturated heterocycles. The molecule has 7 rings (SSSR count). The van der Waals surface area contributed by atoms with Gasteiger partial charge >= 0.3 is 0 Å². The third-order valence-corrected chi connectivity index (χ3v) is 10.1. The first kappa shape index (κ1) is 22.5. The molecule has 2 atom stereocenters. The first-order valence-electron chi connectivity index (χ1n) is 13.4. The summed E-state index contributed by atoms with van der Waals surface area (Å²) in [5.74, 6) is 1.31. The molecule has 0 aliphatic heterocycles. The van der Waals surface area contributed by atoms with E-state index in [0.29, 0.717) is 23.9 Å². The number of benzene rings is 2. The van der Waals surface area contributed by atoms with E-state index in [1.807, 2.05) is 0 Å². The molecule has 0 spiro atoms. The quantitative estimate of drug-likeness (QED) is 0.387. The molecule has 34 heavy (non-hydrogen) atoms. The molecule has 3 heteroatoms. The fourth-order valence-corrected chi connectivity index (χ4v) is 8.52. The van der Waals surface area contributed by atoms with Crippen LogP contribution in [0.4, 0.5) is 0 Å². The highest BCUT2D eigenvalue weighted by Crippen LogP contribution is 2.67. The molecule has 5 aliphatic rings. The predicted octanol–water partition coefficient (Wildman–Crippen LogP) is 6.49. The van der Waals surface area contributed by atoms with Crippen molar-refractivity contribution in [3.05, 3.63) is 83.4 Å². The van der Waals surface area contributed by atoms with Gasteiger partial charge in [-0.15, -0.1) is 0 Å². The molecule has 5 fully saturated rings. The Balaban J connectivity index is 1.29. The second-order valence-corrected chi connectivity index (χ2v) is 12.2. The van der Waals surface area contributed by atoms with Crippen LogP contribution >= 0.6 is 12.2 Å². The molecule has 0 radical (unpaired) electrons. The van der Waals surface area contributed by atoms with Crippen molar-refractivity contribution in [3.63, 3.8) is 0 Å². The largest absolute Gasteiger partial charge is 0.376 e. The summed E-state index contributed by atoms with van der Waals surface area (Å²) in [6.07, 6.45) is 14.5. The monoisotopic (exact) mass is 470 g/mol. The van der Waals surface area contributed by atoms with Gasteiger partial charge in [-0.3, -0.25) is 0 Å². The number of nitrogens with two attached hydrogens (primary N) is 1. The molecule has 2 unspecified atom stereocenters. The molecule has 178 valence electrons. The second-order valence-electron chi connectivity index (χ2n) is 11.8. The van der Waals surface area contributed by atoms with E-state index in [0.717, 1.165) is 32.1 Å². The minimum atomic E-state index is 0.153. The summed E-state index contributed by atoms with van der Waals surface area (Å²) in [5, 5.41) is 3.89. The van der Waals surface area contributed by atoms with Crippen molar-refractivity contribution in [2.75, 3.05) is 0 Å². The minimum absolute atomic E-state index is 0.153. The molecule has 0 aromatic heterocycles. The normalized spacial score (nSPS) is 36.3. The lowest BCUT2D eigenvalue weighted by Crippen LogP contribution is -2.60. The van der Waals surface area contributed by atoms with Crippen LogP contribution in [-0.4, -0.2) is 17.1 Å². The van der Waals surface area contributed by atoms with Crippen molar-refractivity contribution in [2.45, 2.75) is 81.7 Å². The first-order chi connectivity index (χ1) is 16.6. The average Bonchev–Trinajstić information content (AvgIpc) is 2.86. The smallest absolute Gasteiger partial charge is 0.0818 e. The van der Waals surface area contributed by atoms with E-state index in [2.05, 4.69) is 72.1 Å². The van der Waals surface area contributed by atoms with Gasteiger partial charge in [-0.2, -0.15) is 0 Å². The van der Waals surface area contributed by atoms with Gasteiger partial charge in [-0.1, -0.05) is 84.5 Å². The molecule has 2 aromatic carbocycles. The van der Waals surface area contributed by atoms with Crippen LogP contribution in [0.25, 0.3) is 0 Å². The fourth-order valence-electron chi connectivity index (χ4n) is 8.12. The molecular formula is C31H38N2S. The number of nitrogens with one attached hydrogen (secondary N) is 1. The van der Waals surface area contributed by atoms with Crippen molar-refractivity contribution in [1.29, 1.82) is 0 Å². The number of hydrogen-bond acceptors (Lipinski definition) is 2. The highest BCUT2D eigenvalue weighted by atomic mass is 32.1. The maximum Gasteiger partial charge on any atom is 0.0818 e. The van der Waals surface area contributed by atoms with E-state index < -0.39 is 0 Å². The second kappa shape index (κ2) is 8.91. The molecule has 2 aromatic rings. The number of allylic oxidation sites excluding steroid dienone is 2. The standard InChI is InChI=1S/C31H38N2S/c32-26-12-14-27(15-13-26)33-29(34)31-19-23-17-30(21-31,25-9-5-2-6-10-25)18-24(20-31)28(23)16-11-22-7-3-1-4-8-22/h1-10,16,23-24,26-27H,11-15,17-21,32H2,(H,33,34)/t23?,24?,26-,27-,30?,31?. The number of hydrogen-bond donors (Lipinski definition) is 2. The van der Waals surface area contributed by atoms with Gasteiger partial charge in [0.15, 0.2) is 0 Å². The van der Waals surface area contributed by atoms with Gasteiger partial charge in [0.1, 0.15) is 0 Å². The Morgan fingerprint density at radius 2 is 1.50 bits per heavy atom. The highest BCUT2D eigenvalue weighted by molar-refractivity contribution is 7.80. The summed E-state index contributed by atoms with van der Waals surface area (Å²) >= 11 is 6.27. The highest BCUT2D eigenvalue weighted by Gasteiger charge is 2.61. The zero-order chi connectivity index (χ0) is 23.2. The van der Waals surface area contributed by atoms with Crippen LogP contribution in [0.2, 0.25) is 0 Å². The Morgan fingerprint density at radius 1 is 0.882 bits per heavy atom. The van der Waals surface area contributed by atoms with Gasteiger partial charge in [-0.25, -0.2) is 0 Å². The summed E-state index contributed by atoms with van der Waals surface area (Å²) in [5.41, 5.74) is 11.3. The van der Waals surface area contributed by atoms with Gasteiger partial charge in [-0.05, 0) is 92.6 Å². The molecule has 0 amide bonds. The van der Waals surface area contributed by atoms with Crippen molar-refractivity contribution >= 4 is 17.2 Å². The molecule has 4 bridgehead atoms. The minimum Gasteiger partial charge on any atom is -0.376 e. The maximum atomic E-state index is 6.27. The SMILES string of the molecule is N[C@H]1CC[C@H](NC(=S)C23CC4CC(c5ccccc5)(CC(C2)C4=CCc2ccccc2)C3)CC1. The molecule has 5 aliphatic carbocycles. The van der Waals surface area contributed by atoms with Crippen molar-refractivity contribution in [3.8, 4) is 0 Å². The van der Waals surface area contributed by atoms with Crippen LogP contribution in [0, 0.1) is 17.3 Å². The lowest BCUT2D eigenvalue weighted by molar-refractivity contribution is 0.00543. The van der Waals surface area contributed by atoms with Crippen molar-refractivity contribution in [1.82, 2.24) is 5.32 Å². The summed E-state index contributed by atoms with van der Waals surface area (Å²) in [7, 11) is 0. The fraction of sp³-hybridized carbons (Fsp3) is 0.516. The van der Waals surface area contributed by atoms with Crippen molar-refractivity contribution < 1.29 is 0 Å². The topological polar surface area (TPSA) is 38.0 Å². The van der Waals surface area contributed by atoms with Gasteiger partial charge < -0.3 is 11.1 Å². The summed E-state index contributed by atoms with van der Waals surface area (Å²) in [4.78, 5) is 1.17. The maximum absolute atomic E-state index is 6.27. The van der Waals surface area contributed by atoms with Crippen molar-refractivity contribution in [2.24, 2.45) is 23.0 Å². The molecule has 5 saturated carbocycles. The summed E-state index contributed by atoms with van der Waals surface area (Å²) in [6.45, 7) is 0. The molecular weight excluding hydrogens is 432 g/mol. The molecule has 2 nitrogen and oxygen atoms in total. The Kier molecular flexibility index (Phi) is 5.90. The third-order valence-electron chi connectivity index (χ3n) is 9.56. The zero-order valence-corrected chi connectivity index (χ0v) is 21.0. The lowest BCUT2D eigenvalue weighted by Gasteiger charge is -2.63. The van der Waals surface area contributed by atoms with Crippen LogP contribution in [0.3, 0.4) is 0 Å². The van der Waals surface area contributed by atoms with E-state index >= 15 is 0 Å². The number of rotatable bonds is 5. The van der Waals surface area contributed by atoms with E-state index in [-0.39, 0.29) is 10.8 Å². The van der Waals surface area contributed by atoms with Crippen LogP contribution in [0.1, 0.15) is 68.9 Å². The Bertz CT molecular complexity index is 1030. The summed E-state index contributed by atoms with van der Waals surface area (Å²) < 4.78 is 0. The van der Waals surface area contributed by atoms with Gasteiger partial charge in [0.2, 0.25) is 0 Å². The Labute approximate surface area is 210 Å². The van der Waals surface area contributed by atoms with Gasteiger partial charge in [0.25, 0.3) is 0 Å². The van der Waals surface area contributed by atoms with E-state index in [1.54, 1.807) is 11.1 Å². The number of thiocarbonyl (C=S) groups is 1. The third kappa shape index (κ3) is 4.05. The Hall–Kier alpha value is -1.97. The van der Waals surface area contributed by atoms with Crippen LogP contribution in [0.5, 0.6) is 0 Å². The van der Waals surface area contributed by atoms with Crippen LogP contribution in [0.15, 0.2) is 72.3 Å². The lowest BCUT2D eigenvalue weighted by atomic mass is 9.41. The van der Waals surface area contributed by atoms with Crippen LogP contribution < -0.4 is 11.1 Å². The zero-order valence-electron chi connectivity index (χ0n) is 20.2. The van der Waals surface area contributed by atoms with E-state index in [1.165, 1.54) is 42.7 Å². The van der Waals surface area contributed by atoms with Crippen LogP contribution in [-0.2, 0) is 11.8 Å². The molecule has 0 heterocycles. The van der Waals surface area contributed by atoms with E-state index in [9.17, 15) is 0 Å². The van der Waals surface area contributed by atoms with Gasteiger partial charge in [0, 0.05) is 17.5 Å². The Morgan fingerprint density at radius 3 is 2.15 bits per heavy atom. The van der Waals surface area contributed by atoms with Gasteiger partial charge in [0.05, 0.1) is 4.99 Å². The summed E-state index contributed by atoms with van der Waals surface area (Å²) in [6, 6.07) is 23.2.